The number of piperidine rings is 1. The monoisotopic (exact) mass is 657 g/mol. The summed E-state index contributed by atoms with van der Waals surface area (Å²) in [5.74, 6) is -1.95. The van der Waals surface area contributed by atoms with Gasteiger partial charge in [0.1, 0.15) is 17.4 Å². The number of sulfone groups is 1. The number of pyridine rings is 1. The molecular formula is C33H41F2N5O5S. The van der Waals surface area contributed by atoms with E-state index in [0.29, 0.717) is 35.4 Å². The number of nitrogens with two attached hydrogens (primary N) is 1. The molecule has 1 aliphatic rings. The van der Waals surface area contributed by atoms with Crippen molar-refractivity contribution in [2.24, 2.45) is 11.7 Å². The average molecular weight is 658 g/mol. The Balaban J connectivity index is 1.32. The van der Waals surface area contributed by atoms with E-state index < -0.39 is 39.0 Å². The van der Waals surface area contributed by atoms with Crippen LogP contribution in [0.2, 0.25) is 0 Å². The summed E-state index contributed by atoms with van der Waals surface area (Å²) in [7, 11) is -3.33. The van der Waals surface area contributed by atoms with Crippen LogP contribution in [-0.2, 0) is 16.4 Å². The first-order chi connectivity index (χ1) is 21.7. The minimum absolute atomic E-state index is 0.141. The van der Waals surface area contributed by atoms with Gasteiger partial charge in [0.2, 0.25) is 5.88 Å². The Morgan fingerprint density at radius 2 is 1.76 bits per heavy atom. The van der Waals surface area contributed by atoms with E-state index in [9.17, 15) is 26.8 Å². The number of likely N-dealkylation sites (tertiary alicyclic amines) is 1. The van der Waals surface area contributed by atoms with Crippen LogP contribution in [0.3, 0.4) is 0 Å². The Morgan fingerprint density at radius 1 is 1.09 bits per heavy atom. The van der Waals surface area contributed by atoms with Crippen LogP contribution in [0.25, 0.3) is 0 Å². The Morgan fingerprint density at radius 3 is 2.33 bits per heavy atom. The molecule has 0 bridgehead atoms. The molecule has 1 fully saturated rings. The van der Waals surface area contributed by atoms with Gasteiger partial charge in [-0.15, -0.1) is 0 Å². The molecule has 0 aliphatic carbocycles. The van der Waals surface area contributed by atoms with Gasteiger partial charge in [-0.05, 0) is 87.0 Å². The molecule has 1 aromatic heterocycles. The highest BCUT2D eigenvalue weighted by Gasteiger charge is 2.28. The fourth-order valence-electron chi connectivity index (χ4n) is 5.74. The Labute approximate surface area is 268 Å². The number of hydrogen-bond acceptors (Lipinski definition) is 7. The van der Waals surface area contributed by atoms with E-state index in [2.05, 4.69) is 27.4 Å². The average Bonchev–Trinajstić information content (AvgIpc) is 2.99. The summed E-state index contributed by atoms with van der Waals surface area (Å²) in [5.41, 5.74) is 6.76. The molecule has 2 heterocycles. The van der Waals surface area contributed by atoms with Gasteiger partial charge >= 0.3 is 6.03 Å². The van der Waals surface area contributed by atoms with E-state index in [0.717, 1.165) is 56.8 Å². The minimum Gasteiger partial charge on any atom is -0.438 e. The van der Waals surface area contributed by atoms with Crippen LogP contribution in [-0.4, -0.2) is 55.6 Å². The number of ether oxygens (including phenoxy) is 1. The van der Waals surface area contributed by atoms with E-state index >= 15 is 0 Å². The van der Waals surface area contributed by atoms with Crippen molar-refractivity contribution < 1.29 is 31.5 Å². The summed E-state index contributed by atoms with van der Waals surface area (Å²) in [6.07, 6.45) is 7.26. The number of unbranched alkanes of at least 4 members (excludes halogenated alkanes) is 1. The number of halogens is 2. The first-order valence-electron chi connectivity index (χ1n) is 15.3. The molecule has 0 spiro atoms. The number of carbonyl (C=O) groups excluding carboxylic acids is 2. The molecule has 4 rings (SSSR count). The van der Waals surface area contributed by atoms with Gasteiger partial charge in [0.15, 0.2) is 9.84 Å². The van der Waals surface area contributed by atoms with Crippen molar-refractivity contribution in [2.75, 3.05) is 24.7 Å². The summed E-state index contributed by atoms with van der Waals surface area (Å²) >= 11 is 0. The maximum Gasteiger partial charge on any atom is 0.319 e. The lowest BCUT2D eigenvalue weighted by Crippen LogP contribution is -2.46. The second-order valence-corrected chi connectivity index (χ2v) is 13.9. The molecule has 3 aromatic rings. The largest absolute Gasteiger partial charge is 0.438 e. The third kappa shape index (κ3) is 9.00. The summed E-state index contributed by atoms with van der Waals surface area (Å²) in [5, 5.41) is 5.37. The molecule has 0 saturated carbocycles. The number of aryl methyl sites for hydroxylation is 2. The lowest BCUT2D eigenvalue weighted by atomic mass is 9.86. The van der Waals surface area contributed by atoms with Crippen LogP contribution in [0.1, 0.15) is 66.1 Å². The number of carbonyl (C=O) groups is 2. The SMILES string of the molecule is CCCCC(NC(=O)Nc1cc(C(N)=O)c(F)cc1F)C1CCN(Cc2ccc(Oc3c(C)cc(S(C)(=O)=O)cc3C)nc2)CC1. The number of anilines is 1. The maximum atomic E-state index is 14.3. The number of aromatic nitrogens is 1. The van der Waals surface area contributed by atoms with Crippen molar-refractivity contribution in [2.45, 2.75) is 70.4 Å². The van der Waals surface area contributed by atoms with Gasteiger partial charge in [-0.3, -0.25) is 9.69 Å². The first-order valence-corrected chi connectivity index (χ1v) is 17.2. The topological polar surface area (TPSA) is 144 Å². The highest BCUT2D eigenvalue weighted by Crippen LogP contribution is 2.31. The van der Waals surface area contributed by atoms with E-state index in [1.165, 1.54) is 6.26 Å². The zero-order valence-electron chi connectivity index (χ0n) is 26.5. The summed E-state index contributed by atoms with van der Waals surface area (Å²) in [6.45, 7) is 8.00. The number of benzene rings is 2. The molecule has 1 atom stereocenters. The quantitative estimate of drug-likeness (QED) is 0.221. The second-order valence-electron chi connectivity index (χ2n) is 11.9. The number of amides is 3. The molecule has 2 aromatic carbocycles. The number of primary amides is 1. The van der Waals surface area contributed by atoms with Gasteiger partial charge in [0, 0.05) is 37.2 Å². The number of hydrogen-bond donors (Lipinski definition) is 3. The second kappa shape index (κ2) is 15.0. The Hall–Kier alpha value is -4.10. The smallest absolute Gasteiger partial charge is 0.319 e. The lowest BCUT2D eigenvalue weighted by Gasteiger charge is -2.36. The zero-order valence-corrected chi connectivity index (χ0v) is 27.3. The summed E-state index contributed by atoms with van der Waals surface area (Å²) < 4.78 is 58.0. The van der Waals surface area contributed by atoms with Gasteiger partial charge in [-0.1, -0.05) is 25.8 Å². The number of nitrogens with one attached hydrogen (secondary N) is 2. The third-order valence-corrected chi connectivity index (χ3v) is 9.32. The molecular weight excluding hydrogens is 616 g/mol. The van der Waals surface area contributed by atoms with E-state index in [-0.39, 0.29) is 22.5 Å². The van der Waals surface area contributed by atoms with Crippen molar-refractivity contribution in [1.29, 1.82) is 0 Å². The van der Waals surface area contributed by atoms with Crippen molar-refractivity contribution in [3.05, 3.63) is 76.5 Å². The van der Waals surface area contributed by atoms with E-state index in [1.807, 2.05) is 6.07 Å². The molecule has 0 radical (unpaired) electrons. The van der Waals surface area contributed by atoms with Crippen LogP contribution < -0.4 is 21.1 Å². The fourth-order valence-corrected chi connectivity index (χ4v) is 6.52. The standard InChI is InChI=1S/C33H41F2N5O5S/c1-5-6-7-28(38-33(42)39-29-16-25(32(36)41)26(34)17-27(29)35)23-10-12-40(13-11-23)19-22-8-9-30(37-18-22)45-31-20(2)14-24(15-21(31)3)46(4,43)44/h8-9,14-18,23,28H,5-7,10-13,19H2,1-4H3,(H2,36,41)(H2,38,39,42). The summed E-state index contributed by atoms with van der Waals surface area (Å²) in [4.78, 5) is 31.3. The van der Waals surface area contributed by atoms with Gasteiger partial charge in [-0.25, -0.2) is 27.0 Å². The normalized spacial score (nSPS) is 14.9. The van der Waals surface area contributed by atoms with E-state index in [4.69, 9.17) is 10.5 Å². The molecule has 3 amide bonds. The first kappa shape index (κ1) is 34.8. The van der Waals surface area contributed by atoms with Crippen LogP contribution in [0.15, 0.2) is 47.5 Å². The van der Waals surface area contributed by atoms with E-state index in [1.54, 1.807) is 38.2 Å². The maximum absolute atomic E-state index is 14.3. The minimum atomic E-state index is -3.33. The molecule has 1 saturated heterocycles. The number of nitrogens with zero attached hydrogens (tertiary/aromatic N) is 2. The van der Waals surface area contributed by atoms with Crippen molar-refractivity contribution >= 4 is 27.5 Å². The van der Waals surface area contributed by atoms with Crippen LogP contribution in [0.5, 0.6) is 11.6 Å². The molecule has 46 heavy (non-hydrogen) atoms. The van der Waals surface area contributed by atoms with Gasteiger partial charge < -0.3 is 21.1 Å². The Bertz CT molecular complexity index is 1650. The fraction of sp³-hybridized carbons (Fsp3) is 0.424. The predicted molar refractivity (Wildman–Crippen MR) is 172 cm³/mol. The van der Waals surface area contributed by atoms with Crippen LogP contribution in [0.4, 0.5) is 19.3 Å². The molecule has 10 nitrogen and oxygen atoms in total. The Kier molecular flexibility index (Phi) is 11.3. The van der Waals surface area contributed by atoms with Crippen molar-refractivity contribution in [3.8, 4) is 11.6 Å². The lowest BCUT2D eigenvalue weighted by molar-refractivity contribution is 0.0996. The van der Waals surface area contributed by atoms with Crippen molar-refractivity contribution in [3.63, 3.8) is 0 Å². The van der Waals surface area contributed by atoms with Crippen molar-refractivity contribution in [1.82, 2.24) is 15.2 Å². The van der Waals surface area contributed by atoms with Crippen LogP contribution >= 0.6 is 0 Å². The summed E-state index contributed by atoms with van der Waals surface area (Å²) in [6, 6.07) is 7.60. The number of urea groups is 1. The molecule has 1 aliphatic heterocycles. The molecule has 1 unspecified atom stereocenters. The molecule has 13 heteroatoms. The van der Waals surface area contributed by atoms with Gasteiger partial charge in [0.25, 0.3) is 5.91 Å². The third-order valence-electron chi connectivity index (χ3n) is 8.23. The highest BCUT2D eigenvalue weighted by atomic mass is 32.2. The highest BCUT2D eigenvalue weighted by molar-refractivity contribution is 7.90. The molecule has 248 valence electrons. The van der Waals surface area contributed by atoms with Gasteiger partial charge in [-0.2, -0.15) is 0 Å². The predicted octanol–water partition coefficient (Wildman–Crippen LogP) is 5.86. The molecule has 4 N–H and O–H groups in total. The van der Waals surface area contributed by atoms with Gasteiger partial charge in [0.05, 0.1) is 16.1 Å². The van der Waals surface area contributed by atoms with Crippen LogP contribution in [0, 0.1) is 31.4 Å². The number of rotatable bonds is 12. The zero-order chi connectivity index (χ0) is 33.6.